The summed E-state index contributed by atoms with van der Waals surface area (Å²) in [6.07, 6.45) is 10.8. The lowest BCUT2D eigenvalue weighted by Gasteiger charge is -2.23. The van der Waals surface area contributed by atoms with Crippen molar-refractivity contribution in [2.45, 2.75) is 71.0 Å². The maximum absolute atomic E-state index is 10.4. The molecule has 51 heavy (non-hydrogen) atoms. The van der Waals surface area contributed by atoms with Crippen LogP contribution < -0.4 is 9.47 Å². The van der Waals surface area contributed by atoms with E-state index in [9.17, 15) is 15.5 Å². The second-order valence-electron chi connectivity index (χ2n) is 12.9. The van der Waals surface area contributed by atoms with E-state index in [1.54, 1.807) is 18.3 Å². The highest BCUT2D eigenvalue weighted by molar-refractivity contribution is 6.32. The Morgan fingerprint density at radius 2 is 1.73 bits per heavy atom. The number of aromatic nitrogens is 1. The molecule has 5 rings (SSSR count). The van der Waals surface area contributed by atoms with Crippen LogP contribution in [-0.2, 0) is 29.2 Å². The van der Waals surface area contributed by atoms with Crippen LogP contribution in [0.4, 0.5) is 0 Å². The van der Waals surface area contributed by atoms with Crippen molar-refractivity contribution in [3.05, 3.63) is 117 Å². The van der Waals surface area contributed by atoms with Crippen LogP contribution in [-0.4, -0.2) is 70.8 Å². The summed E-state index contributed by atoms with van der Waals surface area (Å²) in [6.45, 7) is 4.47. The van der Waals surface area contributed by atoms with E-state index in [0.29, 0.717) is 87.1 Å². The van der Waals surface area contributed by atoms with Crippen molar-refractivity contribution in [2.24, 2.45) is 0 Å². The maximum Gasteiger partial charge on any atom is 0.142 e. The summed E-state index contributed by atoms with van der Waals surface area (Å²) in [6, 6.07) is 13.7. The Hall–Kier alpha value is -4.37. The Morgan fingerprint density at radius 3 is 2.51 bits per heavy atom. The fourth-order valence-electron chi connectivity index (χ4n) is 6.00. The van der Waals surface area contributed by atoms with E-state index in [0.717, 1.165) is 44.9 Å². The largest absolute Gasteiger partial charge is 0.491 e. The fraction of sp³-hybridized carbons (Fsp3) is 0.400. The van der Waals surface area contributed by atoms with E-state index in [2.05, 4.69) is 47.2 Å². The molecule has 2 aromatic carbocycles. The number of ether oxygens (including phenoxy) is 4. The number of allylic oxidation sites excluding steroid dienone is 4. The van der Waals surface area contributed by atoms with Gasteiger partial charge in [-0.15, -0.1) is 0 Å². The molecule has 2 atom stereocenters. The molecule has 1 aliphatic carbocycles. The molecule has 11 heteroatoms. The van der Waals surface area contributed by atoms with Crippen molar-refractivity contribution in [3.63, 3.8) is 0 Å². The van der Waals surface area contributed by atoms with Crippen molar-refractivity contribution in [2.75, 3.05) is 33.4 Å². The summed E-state index contributed by atoms with van der Waals surface area (Å²) >= 11 is 6.83. The summed E-state index contributed by atoms with van der Waals surface area (Å²) in [4.78, 5) is 6.21. The van der Waals surface area contributed by atoms with Crippen LogP contribution in [0.3, 0.4) is 0 Å². The molecule has 2 heterocycles. The maximum atomic E-state index is 10.4. The fourth-order valence-corrected chi connectivity index (χ4v) is 6.24. The lowest BCUT2D eigenvalue weighted by atomic mass is 9.94. The molecule has 1 aromatic heterocycles. The molecule has 3 N–H and O–H groups in total. The molecule has 2 unspecified atom stereocenters. The van der Waals surface area contributed by atoms with Crippen LogP contribution >= 0.6 is 11.6 Å². The number of nitrogens with zero attached hydrogens (tertiary/aromatic N) is 3. The molecule has 0 bridgehead atoms. The highest BCUT2D eigenvalue weighted by atomic mass is 35.5. The predicted octanol–water partition coefficient (Wildman–Crippen LogP) is 6.38. The van der Waals surface area contributed by atoms with Gasteiger partial charge in [0.1, 0.15) is 55.5 Å². The molecule has 10 nitrogen and oxygen atoms in total. The van der Waals surface area contributed by atoms with Gasteiger partial charge in [0.2, 0.25) is 0 Å². The van der Waals surface area contributed by atoms with Crippen molar-refractivity contribution < 1.29 is 34.3 Å². The number of halogens is 1. The molecular formula is C40H46ClN3O7. The minimum absolute atomic E-state index is 0.186. The lowest BCUT2D eigenvalue weighted by molar-refractivity contribution is 0.0578. The molecule has 0 spiro atoms. The van der Waals surface area contributed by atoms with Crippen LogP contribution in [0.5, 0.6) is 11.5 Å². The quantitative estimate of drug-likeness (QED) is 0.153. The first-order valence-electron chi connectivity index (χ1n) is 17.2. The predicted molar refractivity (Wildman–Crippen MR) is 195 cm³/mol. The molecule has 3 aromatic rings. The van der Waals surface area contributed by atoms with E-state index >= 15 is 0 Å². The summed E-state index contributed by atoms with van der Waals surface area (Å²) in [5.74, 6) is 2.85. The molecule has 0 amide bonds. The Morgan fingerprint density at radius 1 is 0.961 bits per heavy atom. The molecule has 0 saturated carbocycles. The zero-order valence-corrected chi connectivity index (χ0v) is 29.9. The van der Waals surface area contributed by atoms with Gasteiger partial charge in [-0.3, -0.25) is 4.98 Å². The zero-order valence-electron chi connectivity index (χ0n) is 29.2. The average molecular weight is 716 g/mol. The topological polar surface area (TPSA) is 138 Å². The smallest absolute Gasteiger partial charge is 0.142 e. The van der Waals surface area contributed by atoms with Crippen molar-refractivity contribution >= 4 is 17.2 Å². The monoisotopic (exact) mass is 715 g/mol. The first-order valence-corrected chi connectivity index (χ1v) is 17.6. The van der Waals surface area contributed by atoms with E-state index in [1.807, 2.05) is 25.2 Å². The third-order valence-corrected chi connectivity index (χ3v) is 9.25. The molecule has 0 fully saturated rings. The number of pyridine rings is 1. The third-order valence-electron chi connectivity index (χ3n) is 8.96. The highest BCUT2D eigenvalue weighted by Crippen LogP contribution is 2.36. The third kappa shape index (κ3) is 10.8. The Bertz CT molecular complexity index is 1780. The first kappa shape index (κ1) is 37.9. The number of aliphatic hydroxyl groups excluding tert-OH is 3. The summed E-state index contributed by atoms with van der Waals surface area (Å²) in [5, 5.41) is 38.8. The van der Waals surface area contributed by atoms with Gasteiger partial charge in [0.25, 0.3) is 0 Å². The number of aliphatic hydroxyl groups is 3. The molecule has 2 aliphatic rings. The van der Waals surface area contributed by atoms with E-state index < -0.39 is 12.2 Å². The second-order valence-corrected chi connectivity index (χ2v) is 13.3. The van der Waals surface area contributed by atoms with Gasteiger partial charge < -0.3 is 39.2 Å². The number of benzene rings is 2. The van der Waals surface area contributed by atoms with Gasteiger partial charge in [-0.2, -0.15) is 5.26 Å². The van der Waals surface area contributed by atoms with Crippen LogP contribution in [0, 0.1) is 18.3 Å². The minimum Gasteiger partial charge on any atom is -0.491 e. The van der Waals surface area contributed by atoms with Gasteiger partial charge >= 0.3 is 0 Å². The van der Waals surface area contributed by atoms with Crippen molar-refractivity contribution in [1.29, 1.82) is 5.26 Å². The summed E-state index contributed by atoms with van der Waals surface area (Å²) in [5.41, 5.74) is 6.38. The van der Waals surface area contributed by atoms with Gasteiger partial charge in [0, 0.05) is 55.5 Å². The Balaban J connectivity index is 1.31. The zero-order chi connectivity index (χ0) is 36.2. The van der Waals surface area contributed by atoms with Crippen molar-refractivity contribution in [3.8, 4) is 17.6 Å². The SMILES string of the molecule is Cc1c(COc2cc(OCc3cncc(C#N)c3)c(CN(C)CCC(O)CCC(O)CO)cc2Cl)cccc1C1=C\CC2=C(C/C=C\1)OCCO2. The number of hydrogen-bond donors (Lipinski definition) is 3. The van der Waals surface area contributed by atoms with Crippen LogP contribution in [0.1, 0.15) is 65.5 Å². The Labute approximate surface area is 304 Å². The van der Waals surface area contributed by atoms with Gasteiger partial charge in [-0.05, 0) is 67.6 Å². The van der Waals surface area contributed by atoms with Crippen LogP contribution in [0.15, 0.2) is 78.5 Å². The standard InChI is InChI=1S/C40H46ClN3O7/c1-27-31(6-3-7-35(27)30-5-4-8-37-38(12-9-30)49-16-15-48-37)26-51-40-19-39(50-25-29-17-28(20-42)21-43-22-29)32(18-36(40)41)23-44(2)14-13-33(46)10-11-34(47)24-45/h3-7,9,17-19,21-22,33-34,45-47H,8,10-16,23-26H2,1-2H3/b5-4-,30-9-. The van der Waals surface area contributed by atoms with E-state index in [-0.39, 0.29) is 13.2 Å². The first-order chi connectivity index (χ1) is 24.7. The van der Waals surface area contributed by atoms with Crippen LogP contribution in [0.2, 0.25) is 5.02 Å². The number of rotatable bonds is 16. The second kappa shape index (κ2) is 18.7. The molecular weight excluding hydrogens is 670 g/mol. The van der Waals surface area contributed by atoms with E-state index in [1.165, 1.54) is 6.20 Å². The normalized spacial score (nSPS) is 17.1. The summed E-state index contributed by atoms with van der Waals surface area (Å²) in [7, 11) is 1.94. The molecule has 0 saturated heterocycles. The number of nitriles is 1. The average Bonchev–Trinajstić information content (AvgIpc) is 3.13. The lowest BCUT2D eigenvalue weighted by Crippen LogP contribution is -2.24. The molecule has 1 aliphatic heterocycles. The van der Waals surface area contributed by atoms with Gasteiger partial charge in [-0.1, -0.05) is 48.0 Å². The Kier molecular flexibility index (Phi) is 13.9. The van der Waals surface area contributed by atoms with Crippen molar-refractivity contribution in [1.82, 2.24) is 9.88 Å². The van der Waals surface area contributed by atoms with Gasteiger partial charge in [-0.25, -0.2) is 0 Å². The summed E-state index contributed by atoms with van der Waals surface area (Å²) < 4.78 is 24.3. The molecule has 270 valence electrons. The number of hydrogen-bond acceptors (Lipinski definition) is 10. The highest BCUT2D eigenvalue weighted by Gasteiger charge is 2.18. The molecule has 0 radical (unpaired) electrons. The van der Waals surface area contributed by atoms with Gasteiger partial charge in [0.15, 0.2) is 0 Å². The van der Waals surface area contributed by atoms with Crippen LogP contribution in [0.25, 0.3) is 5.57 Å². The minimum atomic E-state index is -0.827. The van der Waals surface area contributed by atoms with Gasteiger partial charge in [0.05, 0.1) is 29.4 Å². The van der Waals surface area contributed by atoms with E-state index in [4.69, 9.17) is 35.7 Å².